The second-order valence-corrected chi connectivity index (χ2v) is 8.49. The van der Waals surface area contributed by atoms with Crippen molar-refractivity contribution in [2.45, 2.75) is 38.3 Å². The van der Waals surface area contributed by atoms with E-state index in [0.29, 0.717) is 6.54 Å². The first-order chi connectivity index (χ1) is 14.5. The van der Waals surface area contributed by atoms with E-state index in [2.05, 4.69) is 34.5 Å². The smallest absolute Gasteiger partial charge is 0.326 e. The van der Waals surface area contributed by atoms with E-state index in [1.54, 1.807) is 6.92 Å². The molecule has 0 unspecified atom stereocenters. The molecular formula is C24H30N4O2. The molecular weight excluding hydrogens is 376 g/mol. The fourth-order valence-corrected chi connectivity index (χ4v) is 4.46. The highest BCUT2D eigenvalue weighted by molar-refractivity contribution is 6.07. The SMILES string of the molecule is CN(Cc1ccccc1N1CCCCC1)CN1C(=O)N[C@](C)(c2ccccc2)C1=O. The van der Waals surface area contributed by atoms with Gasteiger partial charge in [0.25, 0.3) is 5.91 Å². The molecule has 6 nitrogen and oxygen atoms in total. The number of anilines is 1. The summed E-state index contributed by atoms with van der Waals surface area (Å²) >= 11 is 0. The van der Waals surface area contributed by atoms with Crippen molar-refractivity contribution in [1.29, 1.82) is 0 Å². The number of amides is 3. The first-order valence-electron chi connectivity index (χ1n) is 10.7. The highest BCUT2D eigenvalue weighted by Gasteiger charge is 2.49. The second-order valence-electron chi connectivity index (χ2n) is 8.49. The van der Waals surface area contributed by atoms with Gasteiger partial charge in [-0.25, -0.2) is 9.69 Å². The number of para-hydroxylation sites is 1. The lowest BCUT2D eigenvalue weighted by molar-refractivity contribution is -0.132. The average molecular weight is 407 g/mol. The third kappa shape index (κ3) is 3.92. The van der Waals surface area contributed by atoms with Crippen LogP contribution in [0.3, 0.4) is 0 Å². The van der Waals surface area contributed by atoms with Gasteiger partial charge in [0.2, 0.25) is 0 Å². The Labute approximate surface area is 178 Å². The zero-order valence-electron chi connectivity index (χ0n) is 17.8. The minimum absolute atomic E-state index is 0.213. The van der Waals surface area contributed by atoms with Crippen molar-refractivity contribution in [3.63, 3.8) is 0 Å². The minimum Gasteiger partial charge on any atom is -0.371 e. The maximum atomic E-state index is 13.1. The number of rotatable bonds is 6. The van der Waals surface area contributed by atoms with Gasteiger partial charge in [0.15, 0.2) is 0 Å². The van der Waals surface area contributed by atoms with Crippen LogP contribution in [0.5, 0.6) is 0 Å². The fraction of sp³-hybridized carbons (Fsp3) is 0.417. The van der Waals surface area contributed by atoms with Crippen molar-refractivity contribution in [3.05, 3.63) is 65.7 Å². The number of nitrogens with zero attached hydrogens (tertiary/aromatic N) is 3. The van der Waals surface area contributed by atoms with E-state index in [9.17, 15) is 9.59 Å². The Morgan fingerprint density at radius 1 is 0.967 bits per heavy atom. The molecule has 2 fully saturated rings. The Morgan fingerprint density at radius 3 is 2.37 bits per heavy atom. The number of carbonyl (C=O) groups is 2. The van der Waals surface area contributed by atoms with Gasteiger partial charge in [0, 0.05) is 25.3 Å². The predicted molar refractivity (Wildman–Crippen MR) is 118 cm³/mol. The fourth-order valence-electron chi connectivity index (χ4n) is 4.46. The van der Waals surface area contributed by atoms with Gasteiger partial charge in [-0.1, -0.05) is 48.5 Å². The molecule has 2 aliphatic heterocycles. The summed E-state index contributed by atoms with van der Waals surface area (Å²) in [5.74, 6) is -0.213. The van der Waals surface area contributed by atoms with Crippen LogP contribution in [0.15, 0.2) is 54.6 Å². The van der Waals surface area contributed by atoms with Gasteiger partial charge in [0.05, 0.1) is 6.67 Å². The number of carbonyl (C=O) groups excluding carboxylic acids is 2. The van der Waals surface area contributed by atoms with Crippen LogP contribution in [0.25, 0.3) is 0 Å². The first-order valence-corrected chi connectivity index (χ1v) is 10.7. The van der Waals surface area contributed by atoms with Gasteiger partial charge in [-0.05, 0) is 50.4 Å². The van der Waals surface area contributed by atoms with Crippen LogP contribution in [0.4, 0.5) is 10.5 Å². The molecule has 0 bridgehead atoms. The van der Waals surface area contributed by atoms with Gasteiger partial charge in [-0.2, -0.15) is 0 Å². The van der Waals surface area contributed by atoms with Crippen molar-refractivity contribution >= 4 is 17.6 Å². The number of piperidine rings is 1. The van der Waals surface area contributed by atoms with E-state index in [-0.39, 0.29) is 18.6 Å². The summed E-state index contributed by atoms with van der Waals surface area (Å²) in [7, 11) is 1.95. The summed E-state index contributed by atoms with van der Waals surface area (Å²) in [6, 6.07) is 17.5. The van der Waals surface area contributed by atoms with Crippen LogP contribution in [0, 0.1) is 0 Å². The first kappa shape index (κ1) is 20.4. The second kappa shape index (κ2) is 8.48. The van der Waals surface area contributed by atoms with E-state index < -0.39 is 5.54 Å². The van der Waals surface area contributed by atoms with E-state index in [1.165, 1.54) is 35.4 Å². The van der Waals surface area contributed by atoms with Gasteiger partial charge < -0.3 is 10.2 Å². The maximum Gasteiger partial charge on any atom is 0.326 e. The summed E-state index contributed by atoms with van der Waals surface area (Å²) in [6.07, 6.45) is 3.75. The Hall–Kier alpha value is -2.86. The monoisotopic (exact) mass is 406 g/mol. The van der Waals surface area contributed by atoms with Crippen LogP contribution in [-0.2, 0) is 16.9 Å². The lowest BCUT2D eigenvalue weighted by Crippen LogP contribution is -2.43. The highest BCUT2D eigenvalue weighted by atomic mass is 16.2. The summed E-state index contributed by atoms with van der Waals surface area (Å²) in [4.78, 5) is 31.6. The Morgan fingerprint density at radius 2 is 1.63 bits per heavy atom. The quantitative estimate of drug-likeness (QED) is 0.746. The number of imide groups is 1. The molecule has 30 heavy (non-hydrogen) atoms. The molecule has 0 aromatic heterocycles. The van der Waals surface area contributed by atoms with E-state index in [1.807, 2.05) is 42.3 Å². The molecule has 0 spiro atoms. The molecule has 2 heterocycles. The molecule has 0 saturated carbocycles. The lowest BCUT2D eigenvalue weighted by Gasteiger charge is -2.32. The van der Waals surface area contributed by atoms with Crippen molar-refractivity contribution in [2.75, 3.05) is 31.7 Å². The van der Waals surface area contributed by atoms with Crippen molar-refractivity contribution in [2.24, 2.45) is 0 Å². The van der Waals surface area contributed by atoms with E-state index in [4.69, 9.17) is 0 Å². The molecule has 6 heteroatoms. The number of benzene rings is 2. The maximum absolute atomic E-state index is 13.1. The van der Waals surface area contributed by atoms with Crippen LogP contribution < -0.4 is 10.2 Å². The number of nitrogens with one attached hydrogen (secondary N) is 1. The van der Waals surface area contributed by atoms with Gasteiger partial charge in [-0.3, -0.25) is 9.69 Å². The molecule has 2 aromatic carbocycles. The Balaban J connectivity index is 1.47. The van der Waals surface area contributed by atoms with Gasteiger partial charge >= 0.3 is 6.03 Å². The third-order valence-corrected chi connectivity index (χ3v) is 6.14. The molecule has 2 aromatic rings. The van der Waals surface area contributed by atoms with Crippen LogP contribution in [0.1, 0.15) is 37.3 Å². The topological polar surface area (TPSA) is 55.9 Å². The molecule has 2 saturated heterocycles. The van der Waals surface area contributed by atoms with E-state index >= 15 is 0 Å². The highest BCUT2D eigenvalue weighted by Crippen LogP contribution is 2.29. The predicted octanol–water partition coefficient (Wildman–Crippen LogP) is 3.53. The Bertz CT molecular complexity index is 910. The Kier molecular flexibility index (Phi) is 5.77. The summed E-state index contributed by atoms with van der Waals surface area (Å²) in [5, 5.41) is 2.88. The minimum atomic E-state index is -1.02. The molecule has 158 valence electrons. The largest absolute Gasteiger partial charge is 0.371 e. The molecule has 0 aliphatic carbocycles. The zero-order chi connectivity index (χ0) is 21.1. The van der Waals surface area contributed by atoms with Crippen molar-refractivity contribution < 1.29 is 9.59 Å². The normalized spacial score (nSPS) is 22.0. The van der Waals surface area contributed by atoms with Crippen LogP contribution in [-0.4, -0.2) is 48.5 Å². The number of urea groups is 1. The van der Waals surface area contributed by atoms with Crippen LogP contribution in [0.2, 0.25) is 0 Å². The number of hydrogen-bond acceptors (Lipinski definition) is 4. The van der Waals surface area contributed by atoms with Crippen LogP contribution >= 0.6 is 0 Å². The van der Waals surface area contributed by atoms with E-state index in [0.717, 1.165) is 18.7 Å². The average Bonchev–Trinajstić information content (AvgIpc) is 2.99. The van der Waals surface area contributed by atoms with Crippen molar-refractivity contribution in [1.82, 2.24) is 15.1 Å². The van der Waals surface area contributed by atoms with Gasteiger partial charge in [-0.15, -0.1) is 0 Å². The lowest BCUT2D eigenvalue weighted by atomic mass is 9.92. The molecule has 3 amide bonds. The summed E-state index contributed by atoms with van der Waals surface area (Å²) in [6.45, 7) is 4.87. The molecule has 0 radical (unpaired) electrons. The molecule has 4 rings (SSSR count). The standard InChI is InChI=1S/C24H30N4O2/c1-24(20-12-5-3-6-13-20)22(29)28(23(30)25-24)18-26(2)17-19-11-7-8-14-21(19)27-15-9-4-10-16-27/h3,5-8,11-14H,4,9-10,15-18H2,1-2H3,(H,25,30)/t24-/m1/s1. The molecule has 1 atom stereocenters. The molecule has 2 aliphatic rings. The third-order valence-electron chi connectivity index (χ3n) is 6.14. The van der Waals surface area contributed by atoms with Gasteiger partial charge in [0.1, 0.15) is 5.54 Å². The number of hydrogen-bond donors (Lipinski definition) is 1. The zero-order valence-corrected chi connectivity index (χ0v) is 17.8. The summed E-state index contributed by atoms with van der Waals surface area (Å²) in [5.41, 5.74) is 2.25. The molecule has 1 N–H and O–H groups in total. The van der Waals surface area contributed by atoms with Crippen molar-refractivity contribution in [3.8, 4) is 0 Å². The summed E-state index contributed by atoms with van der Waals surface area (Å²) < 4.78 is 0.